The quantitative estimate of drug-likeness (QED) is 0.827. The number of nitrogens with one attached hydrogen (secondary N) is 1. The summed E-state index contributed by atoms with van der Waals surface area (Å²) >= 11 is 0. The van der Waals surface area contributed by atoms with E-state index in [0.717, 1.165) is 25.3 Å². The summed E-state index contributed by atoms with van der Waals surface area (Å²) in [4.78, 5) is 6.87. The van der Waals surface area contributed by atoms with Gasteiger partial charge in [0.15, 0.2) is 0 Å². The first-order valence-corrected chi connectivity index (χ1v) is 6.88. The molecule has 18 heavy (non-hydrogen) atoms. The maximum atomic E-state index is 4.41. The smallest absolute Gasteiger partial charge is 0.0553 e. The van der Waals surface area contributed by atoms with Gasteiger partial charge in [0.25, 0.3) is 0 Å². The van der Waals surface area contributed by atoms with Gasteiger partial charge in [0.2, 0.25) is 0 Å². The van der Waals surface area contributed by atoms with E-state index in [1.807, 2.05) is 13.1 Å². The Kier molecular flexibility index (Phi) is 3.91. The van der Waals surface area contributed by atoms with E-state index in [0.29, 0.717) is 11.5 Å². The number of rotatable bonds is 1. The van der Waals surface area contributed by atoms with Crippen molar-refractivity contribution in [2.75, 3.05) is 24.5 Å². The summed E-state index contributed by atoms with van der Waals surface area (Å²) in [5.41, 5.74) is 2.62. The van der Waals surface area contributed by atoms with Gasteiger partial charge >= 0.3 is 0 Å². The van der Waals surface area contributed by atoms with Gasteiger partial charge in [-0.2, -0.15) is 0 Å². The molecular weight excluding hydrogens is 222 g/mol. The molecule has 0 amide bonds. The molecule has 1 atom stereocenters. The lowest BCUT2D eigenvalue weighted by Gasteiger charge is -2.34. The third kappa shape index (κ3) is 3.22. The Balaban J connectivity index is 2.14. The number of anilines is 1. The molecule has 1 saturated heterocycles. The lowest BCUT2D eigenvalue weighted by Crippen LogP contribution is -2.46. The highest BCUT2D eigenvalue weighted by molar-refractivity contribution is 5.45. The van der Waals surface area contributed by atoms with Crippen LogP contribution >= 0.6 is 0 Å². The molecule has 0 aromatic carbocycles. The standard InChI is InChI=1S/C15H25N3/c1-12-6-7-13(10-17-12)18-9-5-8-16-14(11-18)15(2,3)4/h6-7,10,14,16H,5,8-9,11H2,1-4H3. The van der Waals surface area contributed by atoms with Gasteiger partial charge in [0.1, 0.15) is 0 Å². The van der Waals surface area contributed by atoms with Crippen LogP contribution in [0.3, 0.4) is 0 Å². The van der Waals surface area contributed by atoms with Gasteiger partial charge < -0.3 is 10.2 Å². The first-order valence-electron chi connectivity index (χ1n) is 6.88. The van der Waals surface area contributed by atoms with E-state index in [-0.39, 0.29) is 0 Å². The maximum absolute atomic E-state index is 4.41. The summed E-state index contributed by atoms with van der Waals surface area (Å²) in [5, 5.41) is 3.67. The number of hydrogen-bond donors (Lipinski definition) is 1. The van der Waals surface area contributed by atoms with Crippen molar-refractivity contribution >= 4 is 5.69 Å². The first-order chi connectivity index (χ1) is 8.47. The first kappa shape index (κ1) is 13.3. The van der Waals surface area contributed by atoms with Gasteiger partial charge in [-0.15, -0.1) is 0 Å². The molecule has 1 aromatic heterocycles. The van der Waals surface area contributed by atoms with Crippen molar-refractivity contribution in [3.05, 3.63) is 24.0 Å². The summed E-state index contributed by atoms with van der Waals surface area (Å²) < 4.78 is 0. The minimum absolute atomic E-state index is 0.292. The summed E-state index contributed by atoms with van der Waals surface area (Å²) in [6, 6.07) is 4.81. The molecule has 1 N–H and O–H groups in total. The number of aryl methyl sites for hydroxylation is 1. The topological polar surface area (TPSA) is 28.2 Å². The van der Waals surface area contributed by atoms with E-state index < -0.39 is 0 Å². The van der Waals surface area contributed by atoms with Crippen molar-refractivity contribution in [3.63, 3.8) is 0 Å². The molecule has 1 fully saturated rings. The molecule has 1 unspecified atom stereocenters. The zero-order valence-electron chi connectivity index (χ0n) is 12.0. The second kappa shape index (κ2) is 5.27. The molecule has 0 radical (unpaired) electrons. The Hall–Kier alpha value is -1.09. The molecule has 0 aliphatic carbocycles. The SMILES string of the molecule is Cc1ccc(N2CCCNC(C(C)(C)C)C2)cn1. The molecular formula is C15H25N3. The minimum atomic E-state index is 0.292. The predicted octanol–water partition coefficient (Wildman–Crippen LogP) is 2.60. The lowest BCUT2D eigenvalue weighted by atomic mass is 9.86. The van der Waals surface area contributed by atoms with Crippen LogP contribution in [0, 0.1) is 12.3 Å². The van der Waals surface area contributed by atoms with Crippen LogP contribution in [-0.4, -0.2) is 30.7 Å². The van der Waals surface area contributed by atoms with Crippen LogP contribution < -0.4 is 10.2 Å². The molecule has 0 bridgehead atoms. The van der Waals surface area contributed by atoms with Crippen LogP contribution in [0.25, 0.3) is 0 Å². The Morgan fingerprint density at radius 1 is 1.33 bits per heavy atom. The molecule has 3 heteroatoms. The molecule has 0 saturated carbocycles. The largest absolute Gasteiger partial charge is 0.369 e. The number of hydrogen-bond acceptors (Lipinski definition) is 3. The van der Waals surface area contributed by atoms with Crippen molar-refractivity contribution < 1.29 is 0 Å². The van der Waals surface area contributed by atoms with Crippen LogP contribution in [0.1, 0.15) is 32.9 Å². The highest BCUT2D eigenvalue weighted by Crippen LogP contribution is 2.24. The fourth-order valence-electron chi connectivity index (χ4n) is 2.38. The van der Waals surface area contributed by atoms with E-state index in [1.54, 1.807) is 0 Å². The van der Waals surface area contributed by atoms with Crippen molar-refractivity contribution in [2.45, 2.75) is 40.2 Å². The van der Waals surface area contributed by atoms with Crippen molar-refractivity contribution in [1.29, 1.82) is 0 Å². The molecule has 2 rings (SSSR count). The Morgan fingerprint density at radius 2 is 2.11 bits per heavy atom. The Morgan fingerprint density at radius 3 is 2.72 bits per heavy atom. The fourth-order valence-corrected chi connectivity index (χ4v) is 2.38. The summed E-state index contributed by atoms with van der Waals surface area (Å²) in [5.74, 6) is 0. The van der Waals surface area contributed by atoms with E-state index in [2.05, 4.69) is 48.1 Å². The van der Waals surface area contributed by atoms with Crippen LogP contribution in [0.4, 0.5) is 5.69 Å². The second-order valence-electron chi connectivity index (χ2n) is 6.33. The second-order valence-corrected chi connectivity index (χ2v) is 6.33. The number of aromatic nitrogens is 1. The molecule has 3 nitrogen and oxygen atoms in total. The molecule has 1 aliphatic rings. The van der Waals surface area contributed by atoms with Gasteiger partial charge in [-0.1, -0.05) is 20.8 Å². The Bertz CT molecular complexity index is 378. The molecule has 100 valence electrons. The zero-order valence-corrected chi connectivity index (χ0v) is 12.0. The van der Waals surface area contributed by atoms with Crippen molar-refractivity contribution in [1.82, 2.24) is 10.3 Å². The minimum Gasteiger partial charge on any atom is -0.369 e. The zero-order chi connectivity index (χ0) is 13.2. The third-order valence-corrected chi connectivity index (χ3v) is 3.70. The molecule has 1 aromatic rings. The lowest BCUT2D eigenvalue weighted by molar-refractivity contribution is 0.280. The van der Waals surface area contributed by atoms with Gasteiger partial charge in [-0.05, 0) is 37.4 Å². The number of nitrogens with zero attached hydrogens (tertiary/aromatic N) is 2. The Labute approximate surface area is 111 Å². The summed E-state index contributed by atoms with van der Waals surface area (Å²) in [7, 11) is 0. The highest BCUT2D eigenvalue weighted by atomic mass is 15.2. The van der Waals surface area contributed by atoms with Gasteiger partial charge in [0.05, 0.1) is 11.9 Å². The molecule has 0 spiro atoms. The third-order valence-electron chi connectivity index (χ3n) is 3.70. The summed E-state index contributed by atoms with van der Waals surface area (Å²) in [6.45, 7) is 12.2. The maximum Gasteiger partial charge on any atom is 0.0553 e. The molecule has 2 heterocycles. The van der Waals surface area contributed by atoms with E-state index in [1.165, 1.54) is 12.1 Å². The fraction of sp³-hybridized carbons (Fsp3) is 0.667. The van der Waals surface area contributed by atoms with Gasteiger partial charge in [-0.25, -0.2) is 0 Å². The van der Waals surface area contributed by atoms with E-state index in [9.17, 15) is 0 Å². The van der Waals surface area contributed by atoms with Crippen LogP contribution in [0.5, 0.6) is 0 Å². The average molecular weight is 247 g/mol. The van der Waals surface area contributed by atoms with Crippen LogP contribution in [0.2, 0.25) is 0 Å². The predicted molar refractivity (Wildman–Crippen MR) is 77.0 cm³/mol. The van der Waals surface area contributed by atoms with Crippen molar-refractivity contribution in [2.24, 2.45) is 5.41 Å². The van der Waals surface area contributed by atoms with E-state index >= 15 is 0 Å². The normalized spacial score (nSPS) is 21.8. The van der Waals surface area contributed by atoms with Crippen molar-refractivity contribution in [3.8, 4) is 0 Å². The number of pyridine rings is 1. The van der Waals surface area contributed by atoms with Crippen LogP contribution in [0.15, 0.2) is 18.3 Å². The van der Waals surface area contributed by atoms with Gasteiger partial charge in [0, 0.05) is 24.8 Å². The average Bonchev–Trinajstić information content (AvgIpc) is 2.55. The van der Waals surface area contributed by atoms with Gasteiger partial charge in [-0.3, -0.25) is 4.98 Å². The van der Waals surface area contributed by atoms with Crippen LogP contribution in [-0.2, 0) is 0 Å². The molecule has 1 aliphatic heterocycles. The monoisotopic (exact) mass is 247 g/mol. The highest BCUT2D eigenvalue weighted by Gasteiger charge is 2.28. The van der Waals surface area contributed by atoms with E-state index in [4.69, 9.17) is 0 Å². The summed E-state index contributed by atoms with van der Waals surface area (Å²) in [6.07, 6.45) is 3.20.